The van der Waals surface area contributed by atoms with E-state index in [1.54, 1.807) is 6.20 Å². The topological polar surface area (TPSA) is 36.7 Å². The van der Waals surface area contributed by atoms with Gasteiger partial charge in [-0.2, -0.15) is 5.26 Å². The molecule has 2 nitrogen and oxygen atoms in total. The van der Waals surface area contributed by atoms with Crippen molar-refractivity contribution in [2.45, 2.75) is 46.0 Å². The first-order valence-corrected chi connectivity index (χ1v) is 5.70. The van der Waals surface area contributed by atoms with Gasteiger partial charge in [-0.1, -0.05) is 26.7 Å². The number of unbranched alkanes of at least 4 members (excludes halogenated alkanes) is 2. The first-order valence-electron chi connectivity index (χ1n) is 5.70. The van der Waals surface area contributed by atoms with Crippen LogP contribution in [-0.4, -0.2) is 4.98 Å². The molecule has 0 aliphatic carbocycles. The van der Waals surface area contributed by atoms with Gasteiger partial charge in [0.1, 0.15) is 0 Å². The fraction of sp³-hybridized carbons (Fsp3) is 0.538. The van der Waals surface area contributed by atoms with E-state index in [9.17, 15) is 0 Å². The van der Waals surface area contributed by atoms with Crippen molar-refractivity contribution in [2.75, 3.05) is 0 Å². The molecule has 0 spiro atoms. The maximum absolute atomic E-state index is 9.02. The smallest absolute Gasteiger partial charge is 0.0995 e. The minimum Gasteiger partial charge on any atom is -0.261 e. The van der Waals surface area contributed by atoms with Crippen molar-refractivity contribution < 1.29 is 0 Å². The van der Waals surface area contributed by atoms with E-state index in [0.717, 1.165) is 36.1 Å². The maximum Gasteiger partial charge on any atom is 0.0995 e. The van der Waals surface area contributed by atoms with E-state index in [4.69, 9.17) is 5.26 Å². The van der Waals surface area contributed by atoms with Crippen LogP contribution < -0.4 is 0 Å². The number of hydrogen-bond acceptors (Lipinski definition) is 2. The van der Waals surface area contributed by atoms with E-state index >= 15 is 0 Å². The van der Waals surface area contributed by atoms with Crippen LogP contribution in [0.1, 0.15) is 49.9 Å². The Bertz CT molecular complexity index is 350. The summed E-state index contributed by atoms with van der Waals surface area (Å²) in [6, 6.07) is 4.08. The summed E-state index contributed by atoms with van der Waals surface area (Å²) in [5.74, 6) is 0. The maximum atomic E-state index is 9.02. The summed E-state index contributed by atoms with van der Waals surface area (Å²) in [5, 5.41) is 9.02. The molecule has 80 valence electrons. The normalized spacial score (nSPS) is 9.93. The Hall–Kier alpha value is -1.36. The monoisotopic (exact) mass is 202 g/mol. The SMILES string of the molecule is CCCCCc1c(C#N)ccnc1CC. The van der Waals surface area contributed by atoms with Gasteiger partial charge in [0.25, 0.3) is 0 Å². The van der Waals surface area contributed by atoms with Gasteiger partial charge in [-0.05, 0) is 30.9 Å². The van der Waals surface area contributed by atoms with Crippen LogP contribution in [-0.2, 0) is 12.8 Å². The van der Waals surface area contributed by atoms with Gasteiger partial charge in [-0.15, -0.1) is 0 Å². The zero-order valence-corrected chi connectivity index (χ0v) is 9.58. The quantitative estimate of drug-likeness (QED) is 0.687. The number of nitriles is 1. The lowest BCUT2D eigenvalue weighted by atomic mass is 9.99. The van der Waals surface area contributed by atoms with Crippen molar-refractivity contribution in [1.82, 2.24) is 4.98 Å². The minimum atomic E-state index is 0.804. The highest BCUT2D eigenvalue weighted by molar-refractivity contribution is 5.39. The minimum absolute atomic E-state index is 0.804. The first kappa shape index (κ1) is 11.7. The zero-order chi connectivity index (χ0) is 11.1. The molecule has 0 radical (unpaired) electrons. The molecule has 1 aromatic heterocycles. The average molecular weight is 202 g/mol. The molecule has 1 aromatic rings. The van der Waals surface area contributed by atoms with Crippen molar-refractivity contribution in [3.63, 3.8) is 0 Å². The summed E-state index contributed by atoms with van der Waals surface area (Å²) in [5.41, 5.74) is 3.05. The Morgan fingerprint density at radius 2 is 2.13 bits per heavy atom. The fourth-order valence-corrected chi connectivity index (χ4v) is 1.78. The average Bonchev–Trinajstić information content (AvgIpc) is 2.29. The number of pyridine rings is 1. The van der Waals surface area contributed by atoms with Gasteiger partial charge >= 0.3 is 0 Å². The second-order valence-electron chi connectivity index (χ2n) is 3.71. The molecule has 0 aliphatic heterocycles. The largest absolute Gasteiger partial charge is 0.261 e. The third-order valence-corrected chi connectivity index (χ3v) is 2.63. The lowest BCUT2D eigenvalue weighted by Crippen LogP contribution is -2.00. The van der Waals surface area contributed by atoms with E-state index in [2.05, 4.69) is 24.9 Å². The molecule has 0 bridgehead atoms. The predicted octanol–water partition coefficient (Wildman–Crippen LogP) is 3.25. The molecule has 2 heteroatoms. The van der Waals surface area contributed by atoms with Crippen LogP contribution in [0.4, 0.5) is 0 Å². The van der Waals surface area contributed by atoms with Crippen LogP contribution in [0.2, 0.25) is 0 Å². The molecule has 0 unspecified atom stereocenters. The Morgan fingerprint density at radius 1 is 1.33 bits per heavy atom. The molecule has 0 aromatic carbocycles. The van der Waals surface area contributed by atoms with Crippen LogP contribution >= 0.6 is 0 Å². The molecule has 0 atom stereocenters. The third-order valence-electron chi connectivity index (χ3n) is 2.63. The van der Waals surface area contributed by atoms with Gasteiger partial charge in [-0.25, -0.2) is 0 Å². The van der Waals surface area contributed by atoms with E-state index in [-0.39, 0.29) is 0 Å². The van der Waals surface area contributed by atoms with Crippen LogP contribution in [0.5, 0.6) is 0 Å². The Kier molecular flexibility index (Phi) is 4.83. The zero-order valence-electron chi connectivity index (χ0n) is 9.58. The molecular weight excluding hydrogens is 184 g/mol. The van der Waals surface area contributed by atoms with E-state index < -0.39 is 0 Å². The molecule has 0 aliphatic rings. The van der Waals surface area contributed by atoms with Crippen molar-refractivity contribution in [3.8, 4) is 6.07 Å². The molecule has 0 amide bonds. The van der Waals surface area contributed by atoms with Gasteiger partial charge in [0.2, 0.25) is 0 Å². The Morgan fingerprint density at radius 3 is 2.73 bits per heavy atom. The second-order valence-corrected chi connectivity index (χ2v) is 3.71. The highest BCUT2D eigenvalue weighted by Gasteiger charge is 2.07. The van der Waals surface area contributed by atoms with Crippen molar-refractivity contribution in [2.24, 2.45) is 0 Å². The van der Waals surface area contributed by atoms with E-state index in [1.165, 1.54) is 12.8 Å². The first-order chi connectivity index (χ1) is 7.33. The van der Waals surface area contributed by atoms with Crippen LogP contribution in [0.25, 0.3) is 0 Å². The van der Waals surface area contributed by atoms with Crippen LogP contribution in [0, 0.1) is 11.3 Å². The summed E-state index contributed by atoms with van der Waals surface area (Å²) in [6.07, 6.45) is 7.24. The van der Waals surface area contributed by atoms with E-state index in [0.29, 0.717) is 0 Å². The third kappa shape index (κ3) is 3.06. The molecule has 0 saturated carbocycles. The van der Waals surface area contributed by atoms with Gasteiger partial charge in [0.05, 0.1) is 11.6 Å². The summed E-state index contributed by atoms with van der Waals surface area (Å²) in [6.45, 7) is 4.28. The highest BCUT2D eigenvalue weighted by Crippen LogP contribution is 2.15. The van der Waals surface area contributed by atoms with Gasteiger partial charge < -0.3 is 0 Å². The molecule has 0 fully saturated rings. The molecule has 0 saturated heterocycles. The summed E-state index contributed by atoms with van der Waals surface area (Å²) < 4.78 is 0. The van der Waals surface area contributed by atoms with Gasteiger partial charge in [0.15, 0.2) is 0 Å². The molecule has 15 heavy (non-hydrogen) atoms. The Balaban J connectivity index is 2.86. The number of rotatable bonds is 5. The summed E-state index contributed by atoms with van der Waals surface area (Å²) >= 11 is 0. The number of nitrogens with zero attached hydrogens (tertiary/aromatic N) is 2. The molecule has 0 N–H and O–H groups in total. The number of hydrogen-bond donors (Lipinski definition) is 0. The molecular formula is C13H18N2. The van der Waals surface area contributed by atoms with Crippen molar-refractivity contribution in [3.05, 3.63) is 29.1 Å². The lowest BCUT2D eigenvalue weighted by molar-refractivity contribution is 0.709. The van der Waals surface area contributed by atoms with E-state index in [1.807, 2.05) is 6.07 Å². The lowest BCUT2D eigenvalue weighted by Gasteiger charge is -2.08. The molecule has 1 heterocycles. The van der Waals surface area contributed by atoms with Crippen molar-refractivity contribution >= 4 is 0 Å². The highest BCUT2D eigenvalue weighted by atomic mass is 14.7. The standard InChI is InChI=1S/C13H18N2/c1-3-5-6-7-12-11(10-14)8-9-15-13(12)4-2/h8-9H,3-7H2,1-2H3. The van der Waals surface area contributed by atoms with Crippen LogP contribution in [0.3, 0.4) is 0 Å². The second kappa shape index (κ2) is 6.19. The Labute approximate surface area is 92.0 Å². The number of aryl methyl sites for hydroxylation is 1. The van der Waals surface area contributed by atoms with Gasteiger partial charge in [-0.3, -0.25) is 4.98 Å². The van der Waals surface area contributed by atoms with Crippen molar-refractivity contribution in [1.29, 1.82) is 5.26 Å². The molecule has 1 rings (SSSR count). The van der Waals surface area contributed by atoms with Gasteiger partial charge in [0, 0.05) is 11.9 Å². The van der Waals surface area contributed by atoms with Crippen LogP contribution in [0.15, 0.2) is 12.3 Å². The number of aromatic nitrogens is 1. The predicted molar refractivity (Wildman–Crippen MR) is 61.6 cm³/mol. The summed E-state index contributed by atoms with van der Waals surface area (Å²) in [7, 11) is 0. The summed E-state index contributed by atoms with van der Waals surface area (Å²) in [4.78, 5) is 4.33. The fourth-order valence-electron chi connectivity index (χ4n) is 1.78.